The van der Waals surface area contributed by atoms with Gasteiger partial charge in [-0.1, -0.05) is 13.3 Å². The van der Waals surface area contributed by atoms with Crippen LogP contribution in [0.1, 0.15) is 40.0 Å². The number of carbonyl (C=O) groups excluding carboxylic acids is 2. The van der Waals surface area contributed by atoms with Gasteiger partial charge < -0.3 is 14.2 Å². The average molecular weight is 244 g/mol. The van der Waals surface area contributed by atoms with Crippen molar-refractivity contribution in [2.75, 3.05) is 6.61 Å². The van der Waals surface area contributed by atoms with Crippen LogP contribution < -0.4 is 0 Å². The molecular formula is C12H20O5. The van der Waals surface area contributed by atoms with Crippen molar-refractivity contribution in [2.24, 2.45) is 0 Å². The Balaban J connectivity index is 2.58. The third kappa shape index (κ3) is 4.73. The second kappa shape index (κ2) is 6.59. The Hall–Kier alpha value is -1.10. The van der Waals surface area contributed by atoms with Crippen molar-refractivity contribution in [3.8, 4) is 0 Å². The maximum absolute atomic E-state index is 11.0. The van der Waals surface area contributed by atoms with E-state index in [4.69, 9.17) is 14.2 Å². The lowest BCUT2D eigenvalue weighted by Crippen LogP contribution is -2.45. The van der Waals surface area contributed by atoms with Crippen molar-refractivity contribution in [3.63, 3.8) is 0 Å². The van der Waals surface area contributed by atoms with Crippen molar-refractivity contribution in [2.45, 2.75) is 58.3 Å². The second-order valence-corrected chi connectivity index (χ2v) is 4.28. The normalized spacial score (nSPS) is 28.5. The van der Waals surface area contributed by atoms with Crippen LogP contribution in [-0.2, 0) is 23.8 Å². The quantitative estimate of drug-likeness (QED) is 0.700. The average Bonchev–Trinajstić information content (AvgIpc) is 2.21. The molecule has 17 heavy (non-hydrogen) atoms. The van der Waals surface area contributed by atoms with Gasteiger partial charge in [-0.3, -0.25) is 9.59 Å². The van der Waals surface area contributed by atoms with E-state index in [0.29, 0.717) is 13.0 Å². The number of carbonyl (C=O) groups is 2. The van der Waals surface area contributed by atoms with Crippen molar-refractivity contribution in [3.05, 3.63) is 0 Å². The zero-order valence-corrected chi connectivity index (χ0v) is 10.6. The van der Waals surface area contributed by atoms with Crippen LogP contribution in [0, 0.1) is 0 Å². The molecule has 1 heterocycles. The molecule has 1 aliphatic rings. The SMILES string of the molecule is CCC[C@@H]1C[C@H](OC(C)=O)[C@H](OC(C)=O)CO1. The standard InChI is InChI=1S/C12H20O5/c1-4-5-10-6-11(16-8(2)13)12(7-15-10)17-9(3)14/h10-12H,4-7H2,1-3H3/t10-,11+,12-/m1/s1. The van der Waals surface area contributed by atoms with Gasteiger partial charge in [-0.15, -0.1) is 0 Å². The molecule has 0 N–H and O–H groups in total. The lowest BCUT2D eigenvalue weighted by molar-refractivity contribution is -0.187. The van der Waals surface area contributed by atoms with E-state index < -0.39 is 6.10 Å². The summed E-state index contributed by atoms with van der Waals surface area (Å²) in [4.78, 5) is 21.9. The van der Waals surface area contributed by atoms with Crippen LogP contribution in [0.25, 0.3) is 0 Å². The van der Waals surface area contributed by atoms with Gasteiger partial charge in [-0.25, -0.2) is 0 Å². The summed E-state index contributed by atoms with van der Waals surface area (Å²) in [6.07, 6.45) is 1.73. The van der Waals surface area contributed by atoms with Crippen molar-refractivity contribution in [1.82, 2.24) is 0 Å². The fourth-order valence-electron chi connectivity index (χ4n) is 2.00. The van der Waals surface area contributed by atoms with Gasteiger partial charge >= 0.3 is 11.9 Å². The zero-order chi connectivity index (χ0) is 12.8. The monoisotopic (exact) mass is 244 g/mol. The molecule has 0 unspecified atom stereocenters. The van der Waals surface area contributed by atoms with E-state index in [2.05, 4.69) is 6.92 Å². The number of ether oxygens (including phenoxy) is 3. The van der Waals surface area contributed by atoms with Gasteiger partial charge in [0.05, 0.1) is 12.7 Å². The Bertz CT molecular complexity index is 276. The largest absolute Gasteiger partial charge is 0.458 e. The maximum atomic E-state index is 11.0. The van der Waals surface area contributed by atoms with Crippen LogP contribution >= 0.6 is 0 Å². The lowest BCUT2D eigenvalue weighted by atomic mass is 10.00. The van der Waals surface area contributed by atoms with Gasteiger partial charge in [0.2, 0.25) is 0 Å². The van der Waals surface area contributed by atoms with E-state index in [1.807, 2.05) is 0 Å². The predicted octanol–water partition coefficient (Wildman–Crippen LogP) is 1.44. The van der Waals surface area contributed by atoms with Crippen LogP contribution in [0.3, 0.4) is 0 Å². The van der Waals surface area contributed by atoms with E-state index >= 15 is 0 Å². The number of hydrogen-bond acceptors (Lipinski definition) is 5. The van der Waals surface area contributed by atoms with Gasteiger partial charge in [0.25, 0.3) is 0 Å². The summed E-state index contributed by atoms with van der Waals surface area (Å²) in [5.41, 5.74) is 0. The summed E-state index contributed by atoms with van der Waals surface area (Å²) in [7, 11) is 0. The van der Waals surface area contributed by atoms with Gasteiger partial charge in [0.15, 0.2) is 6.10 Å². The van der Waals surface area contributed by atoms with E-state index in [1.54, 1.807) is 0 Å². The molecular weight excluding hydrogens is 224 g/mol. The molecule has 3 atom stereocenters. The first-order valence-electron chi connectivity index (χ1n) is 5.99. The minimum Gasteiger partial charge on any atom is -0.458 e. The third-order valence-corrected chi connectivity index (χ3v) is 2.65. The molecule has 5 heteroatoms. The zero-order valence-electron chi connectivity index (χ0n) is 10.6. The molecule has 1 saturated heterocycles. The fourth-order valence-corrected chi connectivity index (χ4v) is 2.00. The van der Waals surface area contributed by atoms with Crippen LogP contribution in [0.5, 0.6) is 0 Å². The summed E-state index contributed by atoms with van der Waals surface area (Å²) >= 11 is 0. The van der Waals surface area contributed by atoms with Crippen LogP contribution in [0.2, 0.25) is 0 Å². The highest BCUT2D eigenvalue weighted by Crippen LogP contribution is 2.23. The van der Waals surface area contributed by atoms with Crippen molar-refractivity contribution >= 4 is 11.9 Å². The van der Waals surface area contributed by atoms with Crippen LogP contribution in [-0.4, -0.2) is 36.9 Å². The highest BCUT2D eigenvalue weighted by Gasteiger charge is 2.35. The van der Waals surface area contributed by atoms with Gasteiger partial charge in [-0.2, -0.15) is 0 Å². The number of hydrogen-bond donors (Lipinski definition) is 0. The summed E-state index contributed by atoms with van der Waals surface area (Å²) in [5, 5.41) is 0. The Kier molecular flexibility index (Phi) is 5.41. The molecule has 1 rings (SSSR count). The second-order valence-electron chi connectivity index (χ2n) is 4.28. The topological polar surface area (TPSA) is 61.8 Å². The van der Waals surface area contributed by atoms with E-state index in [0.717, 1.165) is 12.8 Å². The van der Waals surface area contributed by atoms with Gasteiger partial charge in [0.1, 0.15) is 6.10 Å². The van der Waals surface area contributed by atoms with E-state index in [9.17, 15) is 9.59 Å². The summed E-state index contributed by atoms with van der Waals surface area (Å²) in [6, 6.07) is 0. The first kappa shape index (κ1) is 14.0. The molecule has 0 bridgehead atoms. The third-order valence-electron chi connectivity index (χ3n) is 2.65. The molecule has 0 aliphatic carbocycles. The molecule has 0 radical (unpaired) electrons. The molecule has 0 aromatic heterocycles. The fraction of sp³-hybridized carbons (Fsp3) is 0.833. The molecule has 1 fully saturated rings. The van der Waals surface area contributed by atoms with E-state index in [-0.39, 0.29) is 24.1 Å². The highest BCUT2D eigenvalue weighted by molar-refractivity contribution is 5.67. The maximum Gasteiger partial charge on any atom is 0.303 e. The Labute approximate surface area is 101 Å². The number of esters is 2. The number of rotatable bonds is 4. The Morgan fingerprint density at radius 2 is 1.76 bits per heavy atom. The molecule has 0 aromatic rings. The molecule has 1 aliphatic heterocycles. The predicted molar refractivity (Wildman–Crippen MR) is 60.4 cm³/mol. The highest BCUT2D eigenvalue weighted by atomic mass is 16.6. The summed E-state index contributed by atoms with van der Waals surface area (Å²) in [6.45, 7) is 5.06. The molecule has 98 valence electrons. The molecule has 0 aromatic carbocycles. The van der Waals surface area contributed by atoms with Crippen molar-refractivity contribution < 1.29 is 23.8 Å². The Morgan fingerprint density at radius 3 is 2.29 bits per heavy atom. The first-order valence-corrected chi connectivity index (χ1v) is 5.99. The minimum atomic E-state index is -0.482. The van der Waals surface area contributed by atoms with Crippen molar-refractivity contribution in [1.29, 1.82) is 0 Å². The molecule has 0 amide bonds. The minimum absolute atomic E-state index is 0.0798. The molecule has 0 spiro atoms. The van der Waals surface area contributed by atoms with Gasteiger partial charge in [-0.05, 0) is 6.42 Å². The van der Waals surface area contributed by atoms with Crippen LogP contribution in [0.15, 0.2) is 0 Å². The van der Waals surface area contributed by atoms with E-state index in [1.165, 1.54) is 13.8 Å². The smallest absolute Gasteiger partial charge is 0.303 e. The Morgan fingerprint density at radius 1 is 1.18 bits per heavy atom. The molecule has 0 saturated carbocycles. The summed E-state index contributed by atoms with van der Waals surface area (Å²) in [5.74, 6) is -0.742. The van der Waals surface area contributed by atoms with Crippen LogP contribution in [0.4, 0.5) is 0 Å². The first-order chi connectivity index (χ1) is 8.02. The van der Waals surface area contributed by atoms with Gasteiger partial charge in [0, 0.05) is 20.3 Å². The molecule has 5 nitrogen and oxygen atoms in total. The lowest BCUT2D eigenvalue weighted by Gasteiger charge is -2.34. The summed E-state index contributed by atoms with van der Waals surface area (Å²) < 4.78 is 15.9.